The maximum absolute atomic E-state index is 13.3. The lowest BCUT2D eigenvalue weighted by atomic mass is 10.1. The zero-order chi connectivity index (χ0) is 23.5. The van der Waals surface area contributed by atoms with Crippen LogP contribution in [0.5, 0.6) is 5.75 Å². The number of hydrogen-bond acceptors (Lipinski definition) is 6. The maximum Gasteiger partial charge on any atom is 0.416 e. The van der Waals surface area contributed by atoms with Gasteiger partial charge in [-0.25, -0.2) is 4.79 Å². The van der Waals surface area contributed by atoms with Crippen molar-refractivity contribution < 1.29 is 32.2 Å². The Bertz CT molecular complexity index is 1190. The quantitative estimate of drug-likeness (QED) is 0.435. The predicted molar refractivity (Wildman–Crippen MR) is 112 cm³/mol. The Hall–Kier alpha value is -3.53. The molecule has 32 heavy (non-hydrogen) atoms. The van der Waals surface area contributed by atoms with Gasteiger partial charge in [-0.1, -0.05) is 6.07 Å². The molecule has 0 aliphatic rings. The summed E-state index contributed by atoms with van der Waals surface area (Å²) in [5.41, 5.74) is 3.54. The number of fused-ring (bicyclic) bond motifs is 1. The summed E-state index contributed by atoms with van der Waals surface area (Å²) in [5, 5.41) is 0.107. The number of nitrogens with zero attached hydrogens (tertiary/aromatic N) is 1. The van der Waals surface area contributed by atoms with Crippen molar-refractivity contribution in [3.8, 4) is 11.4 Å². The van der Waals surface area contributed by atoms with Crippen LogP contribution in [-0.2, 0) is 15.7 Å². The second kappa shape index (κ2) is 9.31. The second-order valence-electron chi connectivity index (χ2n) is 6.69. The summed E-state index contributed by atoms with van der Waals surface area (Å²) in [6.45, 7) is 3.11. The molecule has 3 aromatic rings. The zero-order valence-corrected chi connectivity index (χ0v) is 17.4. The number of ether oxygens (including phenoxy) is 3. The number of carbonyl (C=O) groups excluding carboxylic acids is 1. The van der Waals surface area contributed by atoms with Crippen molar-refractivity contribution in [2.45, 2.75) is 13.1 Å². The smallest absolute Gasteiger partial charge is 0.416 e. The molecule has 0 aliphatic heterocycles. The average molecular weight is 450 g/mol. The Morgan fingerprint density at radius 3 is 2.38 bits per heavy atom. The van der Waals surface area contributed by atoms with E-state index < -0.39 is 28.8 Å². The molecule has 170 valence electrons. The van der Waals surface area contributed by atoms with Crippen LogP contribution in [-0.4, -0.2) is 37.5 Å². The van der Waals surface area contributed by atoms with E-state index in [9.17, 15) is 22.8 Å². The first kappa shape index (κ1) is 23.1. The van der Waals surface area contributed by atoms with Crippen molar-refractivity contribution in [3.63, 3.8) is 0 Å². The minimum Gasteiger partial charge on any atom is -0.491 e. The summed E-state index contributed by atoms with van der Waals surface area (Å²) in [6, 6.07) is 8.89. The number of aromatic nitrogens is 1. The van der Waals surface area contributed by atoms with E-state index >= 15 is 0 Å². The van der Waals surface area contributed by atoms with Gasteiger partial charge in [0.1, 0.15) is 17.9 Å². The molecule has 7 nitrogen and oxygen atoms in total. The largest absolute Gasteiger partial charge is 0.491 e. The number of alkyl halides is 3. The number of methoxy groups -OCH3 is 1. The van der Waals surface area contributed by atoms with Crippen LogP contribution in [0.15, 0.2) is 47.3 Å². The van der Waals surface area contributed by atoms with Crippen molar-refractivity contribution >= 4 is 22.6 Å². The lowest BCUT2D eigenvalue weighted by Crippen LogP contribution is -2.28. The third kappa shape index (κ3) is 4.54. The Balaban J connectivity index is 2.19. The first-order valence-electron chi connectivity index (χ1n) is 9.63. The molecule has 0 spiro atoms. The van der Waals surface area contributed by atoms with Gasteiger partial charge in [0, 0.05) is 17.7 Å². The molecule has 2 N–H and O–H groups in total. The Morgan fingerprint density at radius 2 is 1.78 bits per heavy atom. The number of anilines is 1. The number of pyridine rings is 1. The molecule has 1 aromatic heterocycles. The highest BCUT2D eigenvalue weighted by atomic mass is 19.4. The number of nitrogens with two attached hydrogens (primary N) is 1. The SMILES string of the molecule is CCOCCOc1ccc(-n2c(=O)c(C(=O)OC)c(N)c3ccc(C(F)(F)F)cc32)cc1. The molecule has 0 unspecified atom stereocenters. The first-order valence-corrected chi connectivity index (χ1v) is 9.63. The fourth-order valence-electron chi connectivity index (χ4n) is 3.20. The molecule has 10 heteroatoms. The fourth-order valence-corrected chi connectivity index (χ4v) is 3.20. The van der Waals surface area contributed by atoms with Gasteiger partial charge in [-0.15, -0.1) is 0 Å². The lowest BCUT2D eigenvalue weighted by Gasteiger charge is -2.17. The van der Waals surface area contributed by atoms with Crippen LogP contribution < -0.4 is 16.0 Å². The molecular formula is C22H21F3N2O5. The molecule has 0 saturated heterocycles. The fraction of sp³-hybridized carbons (Fsp3) is 0.273. The van der Waals surface area contributed by atoms with Crippen molar-refractivity contribution in [1.82, 2.24) is 4.57 Å². The van der Waals surface area contributed by atoms with E-state index in [4.69, 9.17) is 15.2 Å². The Labute approximate surface area is 181 Å². The van der Waals surface area contributed by atoms with Gasteiger partial charge in [-0.05, 0) is 43.3 Å². The first-order chi connectivity index (χ1) is 15.2. The minimum atomic E-state index is -4.64. The van der Waals surface area contributed by atoms with Crippen LogP contribution in [0.4, 0.5) is 18.9 Å². The zero-order valence-electron chi connectivity index (χ0n) is 17.4. The van der Waals surface area contributed by atoms with Crippen molar-refractivity contribution in [2.75, 3.05) is 32.7 Å². The number of hydrogen-bond donors (Lipinski definition) is 1. The molecule has 0 bridgehead atoms. The summed E-state index contributed by atoms with van der Waals surface area (Å²) < 4.78 is 56.3. The number of benzene rings is 2. The molecule has 0 atom stereocenters. The highest BCUT2D eigenvalue weighted by molar-refractivity contribution is 6.04. The monoisotopic (exact) mass is 450 g/mol. The van der Waals surface area contributed by atoms with Gasteiger partial charge in [-0.3, -0.25) is 9.36 Å². The Morgan fingerprint density at radius 1 is 1.09 bits per heavy atom. The molecule has 0 aliphatic carbocycles. The van der Waals surface area contributed by atoms with Crippen molar-refractivity contribution in [2.24, 2.45) is 0 Å². The van der Waals surface area contributed by atoms with Crippen molar-refractivity contribution in [3.05, 3.63) is 63.9 Å². The third-order valence-corrected chi connectivity index (χ3v) is 4.73. The highest BCUT2D eigenvalue weighted by Gasteiger charge is 2.32. The number of carbonyl (C=O) groups is 1. The number of esters is 1. The predicted octanol–water partition coefficient (Wildman–Crippen LogP) is 3.79. The van der Waals surface area contributed by atoms with E-state index in [1.54, 1.807) is 12.1 Å². The molecule has 0 radical (unpaired) electrons. The van der Waals surface area contributed by atoms with Crippen LogP contribution in [0, 0.1) is 0 Å². The van der Waals surface area contributed by atoms with E-state index in [2.05, 4.69) is 4.74 Å². The van der Waals surface area contributed by atoms with E-state index in [1.165, 1.54) is 12.1 Å². The number of halogens is 3. The molecule has 0 fully saturated rings. The summed E-state index contributed by atoms with van der Waals surface area (Å²) in [7, 11) is 1.08. The van der Waals surface area contributed by atoms with Crippen LogP contribution in [0.1, 0.15) is 22.8 Å². The van der Waals surface area contributed by atoms with E-state index in [1.807, 2.05) is 6.92 Å². The van der Waals surface area contributed by atoms with Crippen molar-refractivity contribution in [1.29, 1.82) is 0 Å². The molecule has 1 heterocycles. The summed E-state index contributed by atoms with van der Waals surface area (Å²) in [5.74, 6) is -0.510. The normalized spacial score (nSPS) is 11.5. The molecule has 3 rings (SSSR count). The summed E-state index contributed by atoms with van der Waals surface area (Å²) in [4.78, 5) is 25.4. The molecule has 0 saturated carbocycles. The maximum atomic E-state index is 13.3. The highest BCUT2D eigenvalue weighted by Crippen LogP contribution is 2.34. The summed E-state index contributed by atoms with van der Waals surface area (Å²) in [6.07, 6.45) is -4.64. The van der Waals surface area contributed by atoms with Gasteiger partial charge in [0.05, 0.1) is 30.5 Å². The van der Waals surface area contributed by atoms with E-state index in [-0.39, 0.29) is 22.3 Å². The van der Waals surface area contributed by atoms with Gasteiger partial charge < -0.3 is 19.9 Å². The van der Waals surface area contributed by atoms with E-state index in [0.717, 1.165) is 29.9 Å². The van der Waals surface area contributed by atoms with Crippen LogP contribution in [0.25, 0.3) is 16.6 Å². The van der Waals surface area contributed by atoms with Gasteiger partial charge in [0.2, 0.25) is 0 Å². The van der Waals surface area contributed by atoms with Gasteiger partial charge in [0.15, 0.2) is 0 Å². The van der Waals surface area contributed by atoms with Crippen LogP contribution in [0.3, 0.4) is 0 Å². The standard InChI is InChI=1S/C22H21F3N2O5/c1-3-31-10-11-32-15-7-5-14(6-8-15)27-17-12-13(22(23,24)25)4-9-16(17)19(26)18(20(27)28)21(29)30-2/h4-9,12H,3,10-11,26H2,1-2H3. The lowest BCUT2D eigenvalue weighted by molar-refractivity contribution is -0.137. The summed E-state index contributed by atoms with van der Waals surface area (Å²) >= 11 is 0. The topological polar surface area (TPSA) is 92.8 Å². The molecular weight excluding hydrogens is 429 g/mol. The molecule has 0 amide bonds. The Kier molecular flexibility index (Phi) is 6.73. The second-order valence-corrected chi connectivity index (χ2v) is 6.69. The molecule has 2 aromatic carbocycles. The number of rotatable bonds is 7. The number of nitrogen functional groups attached to an aromatic ring is 1. The van der Waals surface area contributed by atoms with Gasteiger partial charge >= 0.3 is 12.1 Å². The minimum absolute atomic E-state index is 0.0972. The van der Waals surface area contributed by atoms with Gasteiger partial charge in [-0.2, -0.15) is 13.2 Å². The van der Waals surface area contributed by atoms with E-state index in [0.29, 0.717) is 25.6 Å². The van der Waals surface area contributed by atoms with Gasteiger partial charge in [0.25, 0.3) is 5.56 Å². The third-order valence-electron chi connectivity index (χ3n) is 4.73. The average Bonchev–Trinajstić information content (AvgIpc) is 2.76. The van der Waals surface area contributed by atoms with Crippen LogP contribution >= 0.6 is 0 Å². The van der Waals surface area contributed by atoms with Crippen LogP contribution in [0.2, 0.25) is 0 Å².